The second-order valence-electron chi connectivity index (χ2n) is 3.41. The van der Waals surface area contributed by atoms with Gasteiger partial charge in [-0.05, 0) is 12.8 Å². The van der Waals surface area contributed by atoms with E-state index < -0.39 is 10.0 Å². The van der Waals surface area contributed by atoms with Crippen molar-refractivity contribution in [3.8, 4) is 0 Å². The Labute approximate surface area is 87.6 Å². The standard InChI is InChI=1S/C8H12N4O2S/c9-8-7(5-10-11-8)15(13,14)12-6-3-1-2-4-6/h1-2,5-6,12H,3-4H2,(H3,9,10,11). The molecule has 0 aromatic carbocycles. The molecule has 0 aliphatic heterocycles. The van der Waals surface area contributed by atoms with Gasteiger partial charge in [-0.15, -0.1) is 0 Å². The molecule has 1 aromatic rings. The Morgan fingerprint density at radius 3 is 2.67 bits per heavy atom. The summed E-state index contributed by atoms with van der Waals surface area (Å²) in [7, 11) is -3.54. The van der Waals surface area contributed by atoms with Crippen LogP contribution in [0.2, 0.25) is 0 Å². The van der Waals surface area contributed by atoms with Crippen molar-refractivity contribution in [3.05, 3.63) is 18.3 Å². The molecule has 0 saturated heterocycles. The molecule has 0 bridgehead atoms. The average molecular weight is 228 g/mol. The average Bonchev–Trinajstić information content (AvgIpc) is 2.75. The number of aromatic amines is 1. The number of aromatic nitrogens is 2. The summed E-state index contributed by atoms with van der Waals surface area (Å²) in [4.78, 5) is 0.00870. The monoisotopic (exact) mass is 228 g/mol. The lowest BCUT2D eigenvalue weighted by molar-refractivity contribution is 0.558. The van der Waals surface area contributed by atoms with E-state index in [0.717, 1.165) is 12.8 Å². The van der Waals surface area contributed by atoms with E-state index in [0.29, 0.717) is 0 Å². The summed E-state index contributed by atoms with van der Waals surface area (Å²) < 4.78 is 26.2. The summed E-state index contributed by atoms with van der Waals surface area (Å²) in [5.41, 5.74) is 5.45. The largest absolute Gasteiger partial charge is 0.383 e. The Kier molecular flexibility index (Phi) is 2.49. The summed E-state index contributed by atoms with van der Waals surface area (Å²) in [5.74, 6) is 0.0634. The lowest BCUT2D eigenvalue weighted by Crippen LogP contribution is -2.33. The van der Waals surface area contributed by atoms with Crippen molar-refractivity contribution in [1.82, 2.24) is 14.9 Å². The summed E-state index contributed by atoms with van der Waals surface area (Å²) in [6, 6.07) is -0.0655. The van der Waals surface area contributed by atoms with Gasteiger partial charge in [0, 0.05) is 6.04 Å². The molecule has 7 heteroatoms. The Balaban J connectivity index is 2.17. The van der Waals surface area contributed by atoms with Crippen LogP contribution in [0.25, 0.3) is 0 Å². The zero-order valence-corrected chi connectivity index (χ0v) is 8.79. The van der Waals surface area contributed by atoms with Crippen molar-refractivity contribution in [2.75, 3.05) is 5.73 Å². The molecule has 1 aliphatic carbocycles. The van der Waals surface area contributed by atoms with Gasteiger partial charge in [0.2, 0.25) is 10.0 Å². The Morgan fingerprint density at radius 1 is 1.47 bits per heavy atom. The number of hydrogen-bond acceptors (Lipinski definition) is 4. The lowest BCUT2D eigenvalue weighted by Gasteiger charge is -2.11. The first-order valence-corrected chi connectivity index (χ1v) is 6.04. The molecule has 0 saturated carbocycles. The van der Waals surface area contributed by atoms with Crippen molar-refractivity contribution < 1.29 is 8.42 Å². The zero-order valence-electron chi connectivity index (χ0n) is 7.97. The fourth-order valence-electron chi connectivity index (χ4n) is 1.50. The fraction of sp³-hybridized carbons (Fsp3) is 0.375. The number of nitrogen functional groups attached to an aromatic ring is 1. The molecule has 0 unspecified atom stereocenters. The highest BCUT2D eigenvalue weighted by Gasteiger charge is 2.23. The second-order valence-corrected chi connectivity index (χ2v) is 5.09. The molecule has 82 valence electrons. The van der Waals surface area contributed by atoms with Crippen molar-refractivity contribution in [2.45, 2.75) is 23.8 Å². The highest BCUT2D eigenvalue weighted by molar-refractivity contribution is 7.89. The van der Waals surface area contributed by atoms with Crippen LogP contribution in [-0.4, -0.2) is 24.7 Å². The predicted octanol–water partition coefficient (Wildman–Crippen LogP) is -0.0112. The van der Waals surface area contributed by atoms with Crippen LogP contribution in [0, 0.1) is 0 Å². The molecular weight excluding hydrogens is 216 g/mol. The van der Waals surface area contributed by atoms with Crippen LogP contribution in [-0.2, 0) is 10.0 Å². The van der Waals surface area contributed by atoms with E-state index in [1.165, 1.54) is 6.20 Å². The van der Waals surface area contributed by atoms with Crippen molar-refractivity contribution >= 4 is 15.8 Å². The molecule has 1 aromatic heterocycles. The summed E-state index contributed by atoms with van der Waals surface area (Å²) in [6.45, 7) is 0. The molecule has 1 heterocycles. The van der Waals surface area contributed by atoms with E-state index in [1.807, 2.05) is 12.2 Å². The van der Waals surface area contributed by atoms with E-state index in [4.69, 9.17) is 5.73 Å². The maximum absolute atomic E-state index is 11.8. The van der Waals surface area contributed by atoms with Gasteiger partial charge in [-0.1, -0.05) is 12.2 Å². The third-order valence-electron chi connectivity index (χ3n) is 2.25. The van der Waals surface area contributed by atoms with E-state index >= 15 is 0 Å². The normalized spacial score (nSPS) is 17.3. The number of anilines is 1. The molecule has 0 radical (unpaired) electrons. The molecule has 6 nitrogen and oxygen atoms in total. The van der Waals surface area contributed by atoms with Gasteiger partial charge in [0.15, 0.2) is 0 Å². The number of nitrogens with zero attached hydrogens (tertiary/aromatic N) is 1. The fourth-order valence-corrected chi connectivity index (χ4v) is 2.78. The number of rotatable bonds is 3. The molecule has 2 rings (SSSR count). The van der Waals surface area contributed by atoms with Gasteiger partial charge in [-0.25, -0.2) is 13.1 Å². The SMILES string of the molecule is Nc1[nH]ncc1S(=O)(=O)NC1CC=CC1. The third kappa shape index (κ3) is 2.02. The minimum absolute atomic E-state index is 0.00870. The van der Waals surface area contributed by atoms with Gasteiger partial charge in [0.05, 0.1) is 6.20 Å². The van der Waals surface area contributed by atoms with Gasteiger partial charge >= 0.3 is 0 Å². The molecule has 15 heavy (non-hydrogen) atoms. The van der Waals surface area contributed by atoms with Crippen LogP contribution in [0.1, 0.15) is 12.8 Å². The smallest absolute Gasteiger partial charge is 0.246 e. The van der Waals surface area contributed by atoms with E-state index in [1.54, 1.807) is 0 Å². The number of H-pyrrole nitrogens is 1. The minimum Gasteiger partial charge on any atom is -0.383 e. The summed E-state index contributed by atoms with van der Waals surface area (Å²) in [5, 5.41) is 5.97. The predicted molar refractivity (Wildman–Crippen MR) is 55.5 cm³/mol. The zero-order chi connectivity index (χ0) is 10.9. The maximum Gasteiger partial charge on any atom is 0.246 e. The first kappa shape index (κ1) is 10.2. The molecule has 1 aliphatic rings. The first-order chi connectivity index (χ1) is 7.09. The Hall–Kier alpha value is -1.34. The number of nitrogens with two attached hydrogens (primary N) is 1. The first-order valence-electron chi connectivity index (χ1n) is 4.56. The molecule has 0 amide bonds. The second kappa shape index (κ2) is 3.67. The highest BCUT2D eigenvalue weighted by Crippen LogP contribution is 2.17. The third-order valence-corrected chi connectivity index (χ3v) is 3.80. The molecule has 0 spiro atoms. The Morgan fingerprint density at radius 2 is 2.13 bits per heavy atom. The van der Waals surface area contributed by atoms with E-state index in [9.17, 15) is 8.42 Å². The van der Waals surface area contributed by atoms with Gasteiger partial charge in [-0.3, -0.25) is 5.10 Å². The van der Waals surface area contributed by atoms with Gasteiger partial charge in [0.25, 0.3) is 0 Å². The molecule has 0 fully saturated rings. The van der Waals surface area contributed by atoms with Crippen LogP contribution in [0.5, 0.6) is 0 Å². The highest BCUT2D eigenvalue weighted by atomic mass is 32.2. The summed E-state index contributed by atoms with van der Waals surface area (Å²) in [6.07, 6.45) is 6.55. The van der Waals surface area contributed by atoms with Gasteiger partial charge in [0.1, 0.15) is 10.7 Å². The van der Waals surface area contributed by atoms with Crippen LogP contribution in [0.3, 0.4) is 0 Å². The maximum atomic E-state index is 11.8. The van der Waals surface area contributed by atoms with Crippen LogP contribution < -0.4 is 10.5 Å². The molecule has 0 atom stereocenters. The quantitative estimate of drug-likeness (QED) is 0.633. The van der Waals surface area contributed by atoms with E-state index in [-0.39, 0.29) is 16.8 Å². The van der Waals surface area contributed by atoms with E-state index in [2.05, 4.69) is 14.9 Å². The Bertz CT molecular complexity index is 469. The topological polar surface area (TPSA) is 101 Å². The van der Waals surface area contributed by atoms with Gasteiger partial charge in [-0.2, -0.15) is 5.10 Å². The lowest BCUT2D eigenvalue weighted by atomic mass is 10.3. The molecular formula is C8H12N4O2S. The molecule has 4 N–H and O–H groups in total. The number of hydrogen-bond donors (Lipinski definition) is 3. The van der Waals surface area contributed by atoms with Crippen molar-refractivity contribution in [2.24, 2.45) is 0 Å². The summed E-state index contributed by atoms with van der Waals surface area (Å²) >= 11 is 0. The minimum atomic E-state index is -3.54. The van der Waals surface area contributed by atoms with Crippen LogP contribution in [0.4, 0.5) is 5.82 Å². The number of sulfonamides is 1. The van der Waals surface area contributed by atoms with Crippen molar-refractivity contribution in [3.63, 3.8) is 0 Å². The van der Waals surface area contributed by atoms with Gasteiger partial charge < -0.3 is 5.73 Å². The van der Waals surface area contributed by atoms with Crippen molar-refractivity contribution in [1.29, 1.82) is 0 Å². The van der Waals surface area contributed by atoms with Crippen LogP contribution in [0.15, 0.2) is 23.2 Å². The van der Waals surface area contributed by atoms with Crippen LogP contribution >= 0.6 is 0 Å². The number of nitrogens with one attached hydrogen (secondary N) is 2.